The number of nitrogens with zero attached hydrogens (tertiary/aromatic N) is 1. The maximum atomic E-state index is 13.0. The molecule has 5 aromatic rings. The van der Waals surface area contributed by atoms with Gasteiger partial charge in [0.05, 0.1) is 28.3 Å². The SMILES string of the molecule is O=C1c2ccccc2C(=O)N1Cc1ccc(S(=O)(=O)Nc2ccc3c(c2)oc2ccccc23)cc1. The molecule has 0 atom stereocenters. The van der Waals surface area contributed by atoms with E-state index in [0.717, 1.165) is 21.3 Å². The predicted octanol–water partition coefficient (Wildman–Crippen LogP) is 5.18. The third-order valence-electron chi connectivity index (χ3n) is 6.08. The molecule has 0 spiro atoms. The van der Waals surface area contributed by atoms with Crippen molar-refractivity contribution in [3.05, 3.63) is 108 Å². The molecule has 2 heterocycles. The van der Waals surface area contributed by atoms with Crippen LogP contribution in [0, 0.1) is 0 Å². The summed E-state index contributed by atoms with van der Waals surface area (Å²) in [5.74, 6) is -0.713. The minimum atomic E-state index is -3.86. The average molecular weight is 483 g/mol. The van der Waals surface area contributed by atoms with Crippen molar-refractivity contribution in [3.8, 4) is 0 Å². The first-order chi connectivity index (χ1) is 16.9. The molecule has 0 bridgehead atoms. The van der Waals surface area contributed by atoms with Gasteiger partial charge in [0.1, 0.15) is 11.2 Å². The molecule has 1 aromatic heterocycles. The molecule has 4 aromatic carbocycles. The number of nitrogens with one attached hydrogen (secondary N) is 1. The van der Waals surface area contributed by atoms with Gasteiger partial charge in [-0.25, -0.2) is 8.42 Å². The van der Waals surface area contributed by atoms with Crippen molar-refractivity contribution in [3.63, 3.8) is 0 Å². The summed E-state index contributed by atoms with van der Waals surface area (Å²) in [6, 6.07) is 25.6. The Morgan fingerprint density at radius 3 is 2.06 bits per heavy atom. The zero-order chi connectivity index (χ0) is 24.2. The molecule has 8 heteroatoms. The summed E-state index contributed by atoms with van der Waals surface area (Å²) >= 11 is 0. The summed E-state index contributed by atoms with van der Waals surface area (Å²) < 4.78 is 34.3. The number of rotatable bonds is 5. The summed E-state index contributed by atoms with van der Waals surface area (Å²) in [4.78, 5) is 26.4. The molecule has 0 saturated heterocycles. The van der Waals surface area contributed by atoms with Crippen LogP contribution in [0.1, 0.15) is 26.3 Å². The van der Waals surface area contributed by atoms with E-state index in [0.29, 0.717) is 28.0 Å². The summed E-state index contributed by atoms with van der Waals surface area (Å²) in [7, 11) is -3.86. The van der Waals surface area contributed by atoms with Crippen molar-refractivity contribution in [1.82, 2.24) is 4.90 Å². The van der Waals surface area contributed by atoms with Crippen molar-refractivity contribution >= 4 is 49.5 Å². The van der Waals surface area contributed by atoms with Crippen LogP contribution in [0.5, 0.6) is 0 Å². The first kappa shape index (κ1) is 21.1. The number of carbonyl (C=O) groups excluding carboxylic acids is 2. The van der Waals surface area contributed by atoms with Crippen LogP contribution < -0.4 is 4.72 Å². The van der Waals surface area contributed by atoms with Gasteiger partial charge in [-0.2, -0.15) is 0 Å². The highest BCUT2D eigenvalue weighted by molar-refractivity contribution is 7.92. The lowest BCUT2D eigenvalue weighted by molar-refractivity contribution is 0.0642. The Morgan fingerprint density at radius 1 is 0.714 bits per heavy atom. The largest absolute Gasteiger partial charge is 0.456 e. The fourth-order valence-electron chi connectivity index (χ4n) is 4.34. The number of para-hydroxylation sites is 1. The maximum Gasteiger partial charge on any atom is 0.261 e. The molecule has 0 radical (unpaired) electrons. The third-order valence-corrected chi connectivity index (χ3v) is 7.48. The van der Waals surface area contributed by atoms with E-state index in [-0.39, 0.29) is 23.3 Å². The summed E-state index contributed by atoms with van der Waals surface area (Å²) in [6.07, 6.45) is 0. The summed E-state index contributed by atoms with van der Waals surface area (Å²) in [5, 5.41) is 1.87. The van der Waals surface area contributed by atoms with Gasteiger partial charge in [-0.15, -0.1) is 0 Å². The zero-order valence-electron chi connectivity index (χ0n) is 18.3. The van der Waals surface area contributed by atoms with E-state index in [1.165, 1.54) is 12.1 Å². The predicted molar refractivity (Wildman–Crippen MR) is 132 cm³/mol. The lowest BCUT2D eigenvalue weighted by Crippen LogP contribution is -2.29. The molecular weight excluding hydrogens is 464 g/mol. The minimum absolute atomic E-state index is 0.0584. The van der Waals surface area contributed by atoms with E-state index in [2.05, 4.69) is 4.72 Å². The van der Waals surface area contributed by atoms with Gasteiger partial charge in [-0.1, -0.05) is 42.5 Å². The van der Waals surface area contributed by atoms with E-state index < -0.39 is 10.0 Å². The van der Waals surface area contributed by atoms with Crippen molar-refractivity contribution in [2.24, 2.45) is 0 Å². The van der Waals surface area contributed by atoms with E-state index in [9.17, 15) is 18.0 Å². The van der Waals surface area contributed by atoms with Gasteiger partial charge in [0.15, 0.2) is 0 Å². The average Bonchev–Trinajstić information content (AvgIpc) is 3.34. The van der Waals surface area contributed by atoms with Crippen molar-refractivity contribution in [2.45, 2.75) is 11.4 Å². The lowest BCUT2D eigenvalue weighted by Gasteiger charge is -2.14. The van der Waals surface area contributed by atoms with Crippen LogP contribution in [-0.4, -0.2) is 25.1 Å². The number of imide groups is 1. The highest BCUT2D eigenvalue weighted by Crippen LogP contribution is 2.31. The van der Waals surface area contributed by atoms with Crippen LogP contribution in [0.25, 0.3) is 21.9 Å². The summed E-state index contributed by atoms with van der Waals surface area (Å²) in [5.41, 5.74) is 3.09. The molecule has 0 saturated carbocycles. The number of hydrogen-bond acceptors (Lipinski definition) is 5. The molecule has 6 rings (SSSR count). The molecular formula is C27H18N2O5S. The molecule has 0 fully saturated rings. The Labute approximate surface area is 200 Å². The Morgan fingerprint density at radius 2 is 1.34 bits per heavy atom. The number of sulfonamides is 1. The normalized spacial score (nSPS) is 13.5. The number of carbonyl (C=O) groups is 2. The van der Waals surface area contributed by atoms with Gasteiger partial charge in [0.2, 0.25) is 0 Å². The standard InChI is InChI=1S/C27H18N2O5S/c30-26-22-6-1-2-7-23(22)27(31)29(26)16-17-9-12-19(13-10-17)35(32,33)28-18-11-14-21-20-5-3-4-8-24(20)34-25(21)15-18/h1-15,28H,16H2. The number of hydrogen-bond donors (Lipinski definition) is 1. The monoisotopic (exact) mass is 482 g/mol. The van der Waals surface area contributed by atoms with Crippen molar-refractivity contribution in [2.75, 3.05) is 4.72 Å². The maximum absolute atomic E-state index is 13.0. The van der Waals surface area contributed by atoms with Crippen molar-refractivity contribution < 1.29 is 22.4 Å². The van der Waals surface area contributed by atoms with Crippen molar-refractivity contribution in [1.29, 1.82) is 0 Å². The van der Waals surface area contributed by atoms with Crippen LogP contribution in [0.2, 0.25) is 0 Å². The molecule has 35 heavy (non-hydrogen) atoms. The number of benzene rings is 4. The lowest BCUT2D eigenvalue weighted by atomic mass is 10.1. The molecule has 2 amide bonds. The fourth-order valence-corrected chi connectivity index (χ4v) is 5.39. The van der Waals surface area contributed by atoms with E-state index in [4.69, 9.17) is 4.42 Å². The van der Waals surface area contributed by atoms with Gasteiger partial charge in [0.25, 0.3) is 21.8 Å². The highest BCUT2D eigenvalue weighted by Gasteiger charge is 2.35. The van der Waals surface area contributed by atoms with Gasteiger partial charge >= 0.3 is 0 Å². The molecule has 1 N–H and O–H groups in total. The first-order valence-corrected chi connectivity index (χ1v) is 12.4. The molecule has 1 aliphatic rings. The van der Waals surface area contributed by atoms with Crippen LogP contribution >= 0.6 is 0 Å². The molecule has 172 valence electrons. The fraction of sp³-hybridized carbons (Fsp3) is 0.0370. The minimum Gasteiger partial charge on any atom is -0.456 e. The first-order valence-electron chi connectivity index (χ1n) is 10.9. The Balaban J connectivity index is 1.21. The highest BCUT2D eigenvalue weighted by atomic mass is 32.2. The number of furan rings is 1. The van der Waals surface area contributed by atoms with Gasteiger partial charge in [0, 0.05) is 16.8 Å². The molecule has 0 aliphatic carbocycles. The van der Waals surface area contributed by atoms with Gasteiger partial charge in [-0.3, -0.25) is 19.2 Å². The van der Waals surface area contributed by atoms with Crippen LogP contribution in [0.3, 0.4) is 0 Å². The van der Waals surface area contributed by atoms with Gasteiger partial charge in [-0.05, 0) is 48.0 Å². The van der Waals surface area contributed by atoms with E-state index in [1.54, 1.807) is 48.5 Å². The molecule has 0 unspecified atom stereocenters. The van der Waals surface area contributed by atoms with E-state index >= 15 is 0 Å². The van der Waals surface area contributed by atoms with E-state index in [1.807, 2.05) is 30.3 Å². The Kier molecular flexibility index (Phi) is 4.72. The van der Waals surface area contributed by atoms with Crippen LogP contribution in [0.15, 0.2) is 100 Å². The second-order valence-corrected chi connectivity index (χ2v) is 9.98. The topological polar surface area (TPSA) is 96.7 Å². The molecule has 1 aliphatic heterocycles. The third kappa shape index (κ3) is 3.55. The smallest absolute Gasteiger partial charge is 0.261 e. The van der Waals surface area contributed by atoms with Crippen LogP contribution in [-0.2, 0) is 16.6 Å². The molecule has 7 nitrogen and oxygen atoms in total. The quantitative estimate of drug-likeness (QED) is 0.348. The Bertz CT molecular complexity index is 1720. The van der Waals surface area contributed by atoms with Crippen LogP contribution in [0.4, 0.5) is 5.69 Å². The summed E-state index contributed by atoms with van der Waals surface area (Å²) in [6.45, 7) is 0.0584. The zero-order valence-corrected chi connectivity index (χ0v) is 19.1. The second-order valence-electron chi connectivity index (χ2n) is 8.30. The number of anilines is 1. The Hall–Kier alpha value is -4.43. The second kappa shape index (κ2) is 7.82. The number of fused-ring (bicyclic) bond motifs is 4. The van der Waals surface area contributed by atoms with Gasteiger partial charge < -0.3 is 4.42 Å². The number of amides is 2.